The van der Waals surface area contributed by atoms with Crippen molar-refractivity contribution in [3.05, 3.63) is 101 Å². The fourth-order valence-electron chi connectivity index (χ4n) is 3.32. The van der Waals surface area contributed by atoms with Crippen LogP contribution in [0.5, 0.6) is 0 Å². The van der Waals surface area contributed by atoms with Crippen LogP contribution in [-0.4, -0.2) is 35.6 Å². The van der Waals surface area contributed by atoms with Crippen molar-refractivity contribution in [1.29, 1.82) is 0 Å². The number of para-hydroxylation sites is 1. The Morgan fingerprint density at radius 1 is 0.750 bits per heavy atom. The molecule has 0 saturated heterocycles. The second-order valence-electron chi connectivity index (χ2n) is 6.48. The number of imide groups is 1. The number of benzene rings is 3. The lowest BCUT2D eigenvalue weighted by Gasteiger charge is -2.16. The minimum Gasteiger partial charge on any atom is -0.383 e. The van der Waals surface area contributed by atoms with Crippen LogP contribution >= 0.6 is 0 Å². The number of anilines is 1. The first-order valence-corrected chi connectivity index (χ1v) is 9.04. The average Bonchev–Trinajstić information content (AvgIpc) is 2.99. The van der Waals surface area contributed by atoms with Gasteiger partial charge in [-0.3, -0.25) is 19.3 Å². The van der Waals surface area contributed by atoms with Crippen LogP contribution in [0, 0.1) is 0 Å². The molecule has 5 nitrogen and oxygen atoms in total. The summed E-state index contributed by atoms with van der Waals surface area (Å²) in [6.07, 6.45) is 0. The molecule has 3 aromatic rings. The number of nitrogens with zero attached hydrogens (tertiary/aromatic N) is 1. The summed E-state index contributed by atoms with van der Waals surface area (Å²) in [5.74, 6) is -0.642. The molecule has 0 aliphatic carbocycles. The summed E-state index contributed by atoms with van der Waals surface area (Å²) < 4.78 is 0. The maximum Gasteiger partial charge on any atom is 0.261 e. The van der Waals surface area contributed by atoms with Gasteiger partial charge in [-0.05, 0) is 24.3 Å². The second-order valence-corrected chi connectivity index (χ2v) is 6.48. The first-order valence-electron chi connectivity index (χ1n) is 9.04. The Bertz CT molecular complexity index is 1030. The number of carbonyl (C=O) groups excluding carboxylic acids is 3. The Balaban J connectivity index is 1.46. The summed E-state index contributed by atoms with van der Waals surface area (Å²) in [6.45, 7) is 0.574. The van der Waals surface area contributed by atoms with Gasteiger partial charge in [-0.15, -0.1) is 0 Å². The fourth-order valence-corrected chi connectivity index (χ4v) is 3.32. The van der Waals surface area contributed by atoms with Crippen LogP contribution in [0.2, 0.25) is 0 Å². The Morgan fingerprint density at radius 3 is 2.00 bits per heavy atom. The van der Waals surface area contributed by atoms with Crippen molar-refractivity contribution in [2.75, 3.05) is 18.4 Å². The quantitative estimate of drug-likeness (QED) is 0.532. The molecule has 0 fully saturated rings. The van der Waals surface area contributed by atoms with E-state index in [1.807, 2.05) is 36.4 Å². The third-order valence-corrected chi connectivity index (χ3v) is 4.74. The van der Waals surface area contributed by atoms with Gasteiger partial charge in [0, 0.05) is 29.9 Å². The van der Waals surface area contributed by atoms with Crippen LogP contribution in [0.3, 0.4) is 0 Å². The van der Waals surface area contributed by atoms with Gasteiger partial charge in [0.15, 0.2) is 5.78 Å². The number of carbonyl (C=O) groups is 3. The van der Waals surface area contributed by atoms with Crippen molar-refractivity contribution in [3.63, 3.8) is 0 Å². The fraction of sp³-hybridized carbons (Fsp3) is 0.0870. The SMILES string of the molecule is O=C(c1ccccc1)c1ccccc1NCCN1C(=O)c2ccccc2C1=O. The molecule has 0 atom stereocenters. The van der Waals surface area contributed by atoms with Crippen LogP contribution in [0.15, 0.2) is 78.9 Å². The maximum absolute atomic E-state index is 12.8. The third kappa shape index (κ3) is 3.18. The number of amides is 2. The Morgan fingerprint density at radius 2 is 1.32 bits per heavy atom. The average molecular weight is 370 g/mol. The van der Waals surface area contributed by atoms with Crippen molar-refractivity contribution in [2.45, 2.75) is 0 Å². The normalized spacial score (nSPS) is 12.8. The summed E-state index contributed by atoms with van der Waals surface area (Å²) in [5.41, 5.74) is 2.71. The van der Waals surface area contributed by atoms with Crippen LogP contribution in [-0.2, 0) is 0 Å². The topological polar surface area (TPSA) is 66.5 Å². The summed E-state index contributed by atoms with van der Waals surface area (Å²) in [5, 5.41) is 3.19. The number of ketones is 1. The molecule has 138 valence electrons. The Labute approximate surface area is 162 Å². The van der Waals surface area contributed by atoms with E-state index < -0.39 is 0 Å². The maximum atomic E-state index is 12.8. The first-order chi connectivity index (χ1) is 13.7. The molecular weight excluding hydrogens is 352 g/mol. The predicted molar refractivity (Wildman–Crippen MR) is 107 cm³/mol. The zero-order valence-corrected chi connectivity index (χ0v) is 15.1. The molecule has 0 bridgehead atoms. The molecule has 1 aliphatic heterocycles. The largest absolute Gasteiger partial charge is 0.383 e. The van der Waals surface area contributed by atoms with Crippen molar-refractivity contribution in [2.24, 2.45) is 0 Å². The molecule has 2 amide bonds. The highest BCUT2D eigenvalue weighted by Gasteiger charge is 2.34. The van der Waals surface area contributed by atoms with Crippen molar-refractivity contribution >= 4 is 23.3 Å². The minimum absolute atomic E-state index is 0.0792. The summed E-state index contributed by atoms with van der Waals surface area (Å²) in [7, 11) is 0. The standard InChI is InChI=1S/C23H18N2O3/c26-21(16-8-2-1-3-9-16)19-12-6-7-13-20(19)24-14-15-25-22(27)17-10-4-5-11-18(17)23(25)28/h1-13,24H,14-15H2. The van der Waals surface area contributed by atoms with Gasteiger partial charge in [-0.2, -0.15) is 0 Å². The van der Waals surface area contributed by atoms with E-state index >= 15 is 0 Å². The Kier molecular flexibility index (Phi) is 4.72. The molecule has 5 heteroatoms. The molecule has 28 heavy (non-hydrogen) atoms. The lowest BCUT2D eigenvalue weighted by Crippen LogP contribution is -2.34. The molecule has 0 unspecified atom stereocenters. The van der Waals surface area contributed by atoms with E-state index in [1.165, 1.54) is 4.90 Å². The highest BCUT2D eigenvalue weighted by molar-refractivity contribution is 6.21. The molecule has 0 spiro atoms. The van der Waals surface area contributed by atoms with Gasteiger partial charge in [0.05, 0.1) is 11.1 Å². The molecule has 0 saturated carbocycles. The number of hydrogen-bond donors (Lipinski definition) is 1. The second kappa shape index (κ2) is 7.48. The lowest BCUT2D eigenvalue weighted by molar-refractivity contribution is 0.0660. The molecule has 1 N–H and O–H groups in total. The highest BCUT2D eigenvalue weighted by atomic mass is 16.2. The van der Waals surface area contributed by atoms with E-state index in [1.54, 1.807) is 42.5 Å². The van der Waals surface area contributed by atoms with Crippen molar-refractivity contribution in [3.8, 4) is 0 Å². The van der Waals surface area contributed by atoms with Gasteiger partial charge in [0.25, 0.3) is 11.8 Å². The highest BCUT2D eigenvalue weighted by Crippen LogP contribution is 2.23. The van der Waals surface area contributed by atoms with Crippen LogP contribution in [0.1, 0.15) is 36.6 Å². The molecular formula is C23H18N2O3. The van der Waals surface area contributed by atoms with Crippen LogP contribution < -0.4 is 5.32 Å². The third-order valence-electron chi connectivity index (χ3n) is 4.74. The monoisotopic (exact) mass is 370 g/mol. The number of fused-ring (bicyclic) bond motifs is 1. The van der Waals surface area contributed by atoms with Gasteiger partial charge in [-0.1, -0.05) is 54.6 Å². The molecule has 1 heterocycles. The number of hydrogen-bond acceptors (Lipinski definition) is 4. The predicted octanol–water partition coefficient (Wildman–Crippen LogP) is 3.63. The molecule has 0 aromatic heterocycles. The van der Waals surface area contributed by atoms with Gasteiger partial charge in [0.2, 0.25) is 0 Å². The Hall–Kier alpha value is -3.73. The van der Waals surface area contributed by atoms with Crippen molar-refractivity contribution < 1.29 is 14.4 Å². The lowest BCUT2D eigenvalue weighted by atomic mass is 10.0. The van der Waals surface area contributed by atoms with E-state index in [0.29, 0.717) is 34.5 Å². The van der Waals surface area contributed by atoms with E-state index in [4.69, 9.17) is 0 Å². The molecule has 1 aliphatic rings. The van der Waals surface area contributed by atoms with Gasteiger partial charge >= 0.3 is 0 Å². The molecule has 3 aromatic carbocycles. The molecule has 0 radical (unpaired) electrons. The van der Waals surface area contributed by atoms with Gasteiger partial charge < -0.3 is 5.32 Å². The zero-order chi connectivity index (χ0) is 19.5. The van der Waals surface area contributed by atoms with Crippen LogP contribution in [0.25, 0.3) is 0 Å². The van der Waals surface area contributed by atoms with Crippen LogP contribution in [0.4, 0.5) is 5.69 Å². The molecule has 4 rings (SSSR count). The van der Waals surface area contributed by atoms with E-state index in [-0.39, 0.29) is 24.1 Å². The summed E-state index contributed by atoms with van der Waals surface area (Å²) in [6, 6.07) is 23.1. The van der Waals surface area contributed by atoms with E-state index in [2.05, 4.69) is 5.32 Å². The van der Waals surface area contributed by atoms with Gasteiger partial charge in [-0.25, -0.2) is 0 Å². The zero-order valence-electron chi connectivity index (χ0n) is 15.1. The smallest absolute Gasteiger partial charge is 0.261 e. The first kappa shape index (κ1) is 17.7. The minimum atomic E-state index is -0.281. The number of rotatable bonds is 6. The summed E-state index contributed by atoms with van der Waals surface area (Å²) in [4.78, 5) is 38.9. The van der Waals surface area contributed by atoms with Gasteiger partial charge in [0.1, 0.15) is 0 Å². The van der Waals surface area contributed by atoms with E-state index in [9.17, 15) is 14.4 Å². The number of nitrogens with one attached hydrogen (secondary N) is 1. The van der Waals surface area contributed by atoms with Crippen molar-refractivity contribution in [1.82, 2.24) is 4.90 Å². The summed E-state index contributed by atoms with van der Waals surface area (Å²) >= 11 is 0. The van der Waals surface area contributed by atoms with E-state index in [0.717, 1.165) is 0 Å².